The van der Waals surface area contributed by atoms with Crippen molar-refractivity contribution >= 4 is 26.5 Å². The SMILES string of the molecule is O=S(=O)(c1ccccn1)N1CCN(c2nc(Cc3cccc(OO)c3)cs2)CC1. The third kappa shape index (κ3) is 4.40. The van der Waals surface area contributed by atoms with E-state index in [4.69, 9.17) is 10.2 Å². The number of thiazole rings is 1. The summed E-state index contributed by atoms with van der Waals surface area (Å²) in [6.45, 7) is 1.94. The van der Waals surface area contributed by atoms with Gasteiger partial charge in [-0.1, -0.05) is 18.2 Å². The number of rotatable bonds is 6. The van der Waals surface area contributed by atoms with Gasteiger partial charge in [0, 0.05) is 44.2 Å². The predicted molar refractivity (Wildman–Crippen MR) is 110 cm³/mol. The molecule has 0 aliphatic carbocycles. The third-order valence-electron chi connectivity index (χ3n) is 4.68. The van der Waals surface area contributed by atoms with Crippen LogP contribution in [0, 0.1) is 0 Å². The molecule has 1 saturated heterocycles. The van der Waals surface area contributed by atoms with Gasteiger partial charge in [-0.05, 0) is 29.8 Å². The van der Waals surface area contributed by atoms with Crippen LogP contribution in [0.5, 0.6) is 5.75 Å². The summed E-state index contributed by atoms with van der Waals surface area (Å²) in [5, 5.41) is 11.7. The van der Waals surface area contributed by atoms with Crippen LogP contribution < -0.4 is 9.79 Å². The van der Waals surface area contributed by atoms with Crippen LogP contribution in [0.25, 0.3) is 0 Å². The number of hydrogen-bond acceptors (Lipinski definition) is 8. The second-order valence-corrected chi connectivity index (χ2v) is 9.32. The van der Waals surface area contributed by atoms with Crippen molar-refractivity contribution in [3.63, 3.8) is 0 Å². The summed E-state index contributed by atoms with van der Waals surface area (Å²) in [6.07, 6.45) is 2.12. The minimum atomic E-state index is -3.56. The number of hydrogen-bond donors (Lipinski definition) is 1. The Morgan fingerprint density at radius 3 is 2.66 bits per heavy atom. The summed E-state index contributed by atoms with van der Waals surface area (Å²) >= 11 is 1.54. The van der Waals surface area contributed by atoms with E-state index in [9.17, 15) is 8.42 Å². The lowest BCUT2D eigenvalue weighted by Crippen LogP contribution is -2.48. The first kappa shape index (κ1) is 19.8. The molecule has 1 fully saturated rings. The highest BCUT2D eigenvalue weighted by Gasteiger charge is 2.30. The summed E-state index contributed by atoms with van der Waals surface area (Å²) in [6, 6.07) is 12.1. The standard InChI is InChI=1S/C19H20N4O4S2/c24-27-17-5-3-4-15(13-17)12-16-14-28-19(21-16)22-8-10-23(11-9-22)29(25,26)18-6-1-2-7-20-18/h1-7,13-14,24H,8-12H2. The molecule has 0 radical (unpaired) electrons. The van der Waals surface area contributed by atoms with E-state index in [2.05, 4.69) is 14.8 Å². The number of pyridine rings is 1. The zero-order valence-electron chi connectivity index (χ0n) is 15.5. The Balaban J connectivity index is 1.39. The van der Waals surface area contributed by atoms with Gasteiger partial charge in [0.25, 0.3) is 10.0 Å². The van der Waals surface area contributed by atoms with Gasteiger partial charge in [-0.25, -0.2) is 23.6 Å². The Morgan fingerprint density at radius 2 is 1.93 bits per heavy atom. The molecule has 1 N–H and O–H groups in total. The van der Waals surface area contributed by atoms with Gasteiger partial charge >= 0.3 is 0 Å². The fourth-order valence-corrected chi connectivity index (χ4v) is 5.43. The molecule has 0 atom stereocenters. The maximum atomic E-state index is 12.7. The molecule has 0 amide bonds. The van der Waals surface area contributed by atoms with Crippen molar-refractivity contribution in [1.29, 1.82) is 0 Å². The first-order valence-corrected chi connectivity index (χ1v) is 11.4. The lowest BCUT2D eigenvalue weighted by atomic mass is 10.1. The van der Waals surface area contributed by atoms with Gasteiger partial charge < -0.3 is 9.79 Å². The maximum absolute atomic E-state index is 12.7. The summed E-state index contributed by atoms with van der Waals surface area (Å²) < 4.78 is 26.9. The molecule has 1 aromatic carbocycles. The molecule has 8 nitrogen and oxygen atoms in total. The first-order chi connectivity index (χ1) is 14.1. The molecule has 29 heavy (non-hydrogen) atoms. The fourth-order valence-electron chi connectivity index (χ4n) is 3.20. The molecule has 4 rings (SSSR count). The van der Waals surface area contributed by atoms with Crippen molar-refractivity contribution in [2.24, 2.45) is 0 Å². The van der Waals surface area contributed by atoms with Crippen molar-refractivity contribution < 1.29 is 18.6 Å². The van der Waals surface area contributed by atoms with Gasteiger partial charge in [0.1, 0.15) is 0 Å². The monoisotopic (exact) mass is 432 g/mol. The molecule has 0 bridgehead atoms. The molecular formula is C19H20N4O4S2. The van der Waals surface area contributed by atoms with Crippen LogP contribution in [0.3, 0.4) is 0 Å². The van der Waals surface area contributed by atoms with E-state index in [-0.39, 0.29) is 5.03 Å². The average molecular weight is 433 g/mol. The number of nitrogens with zero attached hydrogens (tertiary/aromatic N) is 4. The quantitative estimate of drug-likeness (QED) is 0.472. The van der Waals surface area contributed by atoms with Crippen LogP contribution in [0.4, 0.5) is 5.13 Å². The van der Waals surface area contributed by atoms with E-state index in [1.807, 2.05) is 17.5 Å². The number of aromatic nitrogens is 2. The Hall–Kier alpha value is -2.53. The summed E-state index contributed by atoms with van der Waals surface area (Å²) in [5.74, 6) is 0.392. The van der Waals surface area contributed by atoms with Crippen LogP contribution in [-0.4, -0.2) is 54.1 Å². The Kier molecular flexibility index (Phi) is 5.76. The Bertz CT molecular complexity index is 1060. The minimum Gasteiger partial charge on any atom is -0.345 e. The van der Waals surface area contributed by atoms with Gasteiger partial charge in [0.2, 0.25) is 0 Å². The van der Waals surface area contributed by atoms with Crippen molar-refractivity contribution in [1.82, 2.24) is 14.3 Å². The van der Waals surface area contributed by atoms with Gasteiger partial charge in [0.05, 0.1) is 5.69 Å². The lowest BCUT2D eigenvalue weighted by Gasteiger charge is -2.33. The van der Waals surface area contributed by atoms with Gasteiger partial charge in [-0.2, -0.15) is 4.31 Å². The number of sulfonamides is 1. The van der Waals surface area contributed by atoms with E-state index in [0.29, 0.717) is 38.3 Å². The molecule has 2 aromatic heterocycles. The van der Waals surface area contributed by atoms with E-state index < -0.39 is 10.0 Å². The van der Waals surface area contributed by atoms with Crippen LogP contribution >= 0.6 is 11.3 Å². The van der Waals surface area contributed by atoms with Crippen molar-refractivity contribution in [2.75, 3.05) is 31.1 Å². The summed E-state index contributed by atoms with van der Waals surface area (Å²) in [4.78, 5) is 15.1. The van der Waals surface area contributed by atoms with Gasteiger partial charge in [-0.3, -0.25) is 0 Å². The highest BCUT2D eigenvalue weighted by atomic mass is 32.2. The molecule has 1 aliphatic rings. The smallest absolute Gasteiger partial charge is 0.260 e. The van der Waals surface area contributed by atoms with E-state index in [1.165, 1.54) is 16.6 Å². The highest BCUT2D eigenvalue weighted by molar-refractivity contribution is 7.89. The Labute approximate surface area is 173 Å². The Morgan fingerprint density at radius 1 is 1.10 bits per heavy atom. The average Bonchev–Trinajstić information content (AvgIpc) is 3.23. The van der Waals surface area contributed by atoms with E-state index in [1.54, 1.807) is 35.6 Å². The zero-order chi connectivity index (χ0) is 20.3. The van der Waals surface area contributed by atoms with Gasteiger partial charge in [0.15, 0.2) is 15.9 Å². The first-order valence-electron chi connectivity index (χ1n) is 9.07. The zero-order valence-corrected chi connectivity index (χ0v) is 17.1. The van der Waals surface area contributed by atoms with E-state index >= 15 is 0 Å². The predicted octanol–water partition coefficient (Wildman–Crippen LogP) is 2.49. The van der Waals surface area contributed by atoms with Crippen LogP contribution in [0.15, 0.2) is 59.1 Å². The van der Waals surface area contributed by atoms with E-state index in [0.717, 1.165) is 16.4 Å². The van der Waals surface area contributed by atoms with Crippen LogP contribution in [-0.2, 0) is 16.4 Å². The largest absolute Gasteiger partial charge is 0.345 e. The molecule has 1 aliphatic heterocycles. The molecule has 152 valence electrons. The van der Waals surface area contributed by atoms with Crippen molar-refractivity contribution in [3.05, 3.63) is 65.3 Å². The third-order valence-corrected chi connectivity index (χ3v) is 7.45. The molecule has 3 aromatic rings. The van der Waals surface area contributed by atoms with Crippen LogP contribution in [0.1, 0.15) is 11.3 Å². The lowest BCUT2D eigenvalue weighted by molar-refractivity contribution is -0.137. The normalized spacial score (nSPS) is 15.4. The number of piperazine rings is 1. The fraction of sp³-hybridized carbons (Fsp3) is 0.263. The summed E-state index contributed by atoms with van der Waals surface area (Å²) in [7, 11) is -3.56. The number of benzene rings is 1. The molecule has 0 unspecified atom stereocenters. The molecule has 0 spiro atoms. The topological polar surface area (TPSA) is 95.9 Å². The van der Waals surface area contributed by atoms with Crippen LogP contribution in [0.2, 0.25) is 0 Å². The maximum Gasteiger partial charge on any atom is 0.260 e. The van der Waals surface area contributed by atoms with Gasteiger partial charge in [-0.15, -0.1) is 11.3 Å². The number of anilines is 1. The second-order valence-electron chi connectivity index (χ2n) is 6.60. The summed E-state index contributed by atoms with van der Waals surface area (Å²) in [5.41, 5.74) is 1.91. The van der Waals surface area contributed by atoms with Crippen molar-refractivity contribution in [2.45, 2.75) is 11.4 Å². The highest BCUT2D eigenvalue weighted by Crippen LogP contribution is 2.25. The molecule has 3 heterocycles. The second kappa shape index (κ2) is 8.46. The molecular weight excluding hydrogens is 412 g/mol. The molecule has 10 heteroatoms. The minimum absolute atomic E-state index is 0.0825. The molecule has 0 saturated carbocycles. The van der Waals surface area contributed by atoms with Crippen molar-refractivity contribution in [3.8, 4) is 5.75 Å².